The summed E-state index contributed by atoms with van der Waals surface area (Å²) in [6.07, 6.45) is 6.35. The third kappa shape index (κ3) is 3.29. The van der Waals surface area contributed by atoms with Crippen LogP contribution in [0.5, 0.6) is 0 Å². The second kappa shape index (κ2) is 5.79. The lowest BCUT2D eigenvalue weighted by molar-refractivity contribution is -0.121. The van der Waals surface area contributed by atoms with Crippen LogP contribution in [0.15, 0.2) is 18.5 Å². The number of carboxylic acids is 1. The smallest absolute Gasteiger partial charge is 0.337 e. The fraction of sp³-hybridized carbons (Fsp3) is 0.462. The molecule has 0 saturated heterocycles. The van der Waals surface area contributed by atoms with Crippen molar-refractivity contribution in [2.45, 2.75) is 31.7 Å². The van der Waals surface area contributed by atoms with E-state index in [1.165, 1.54) is 18.5 Å². The number of nitrogens with zero attached hydrogens (tertiary/aromatic N) is 1. The van der Waals surface area contributed by atoms with Crippen LogP contribution in [0.3, 0.4) is 0 Å². The summed E-state index contributed by atoms with van der Waals surface area (Å²) in [4.78, 5) is 26.7. The molecule has 6 nitrogen and oxygen atoms in total. The maximum absolute atomic E-state index is 12.1. The van der Waals surface area contributed by atoms with Crippen LogP contribution < -0.4 is 11.1 Å². The molecule has 102 valence electrons. The summed E-state index contributed by atoms with van der Waals surface area (Å²) in [6, 6.07) is 1.27. The molecule has 2 unspecified atom stereocenters. The van der Waals surface area contributed by atoms with Crippen LogP contribution in [-0.2, 0) is 4.79 Å². The lowest BCUT2D eigenvalue weighted by Gasteiger charge is -2.27. The molecule has 0 radical (unpaired) electrons. The average Bonchev–Trinajstić information content (AvgIpc) is 2.39. The molecule has 1 saturated carbocycles. The predicted octanol–water partition coefficient (Wildman–Crippen LogP) is 1.24. The number of nitrogens with one attached hydrogen (secondary N) is 1. The minimum atomic E-state index is -1.07. The molecule has 0 bridgehead atoms. The summed E-state index contributed by atoms with van der Waals surface area (Å²) in [7, 11) is 0. The van der Waals surface area contributed by atoms with Gasteiger partial charge in [0.25, 0.3) is 0 Å². The molecule has 0 aliphatic heterocycles. The van der Waals surface area contributed by atoms with Crippen molar-refractivity contribution in [2.75, 3.05) is 5.32 Å². The van der Waals surface area contributed by atoms with E-state index >= 15 is 0 Å². The number of carbonyl (C=O) groups excluding carboxylic acids is 1. The van der Waals surface area contributed by atoms with Crippen molar-refractivity contribution >= 4 is 17.6 Å². The molecule has 2 atom stereocenters. The molecule has 1 aliphatic rings. The van der Waals surface area contributed by atoms with Crippen molar-refractivity contribution in [2.24, 2.45) is 11.7 Å². The van der Waals surface area contributed by atoms with E-state index in [0.717, 1.165) is 25.7 Å². The summed E-state index contributed by atoms with van der Waals surface area (Å²) >= 11 is 0. The normalized spacial score (nSPS) is 22.8. The van der Waals surface area contributed by atoms with Crippen molar-refractivity contribution in [3.8, 4) is 0 Å². The zero-order chi connectivity index (χ0) is 13.8. The van der Waals surface area contributed by atoms with E-state index < -0.39 is 5.97 Å². The van der Waals surface area contributed by atoms with Crippen LogP contribution >= 0.6 is 0 Å². The van der Waals surface area contributed by atoms with Gasteiger partial charge >= 0.3 is 5.97 Å². The Morgan fingerprint density at radius 3 is 2.74 bits per heavy atom. The SMILES string of the molecule is NC1CCCCC1C(=O)Nc1cncc(C(=O)O)c1. The average molecular weight is 263 g/mol. The van der Waals surface area contributed by atoms with E-state index in [9.17, 15) is 9.59 Å². The van der Waals surface area contributed by atoms with Gasteiger partial charge in [-0.2, -0.15) is 0 Å². The van der Waals surface area contributed by atoms with Crippen LogP contribution in [-0.4, -0.2) is 28.0 Å². The third-order valence-corrected chi connectivity index (χ3v) is 3.41. The largest absolute Gasteiger partial charge is 0.478 e. The molecule has 1 aromatic rings. The standard InChI is InChI=1S/C13H17N3O3/c14-11-4-2-1-3-10(11)12(17)16-9-5-8(13(18)19)6-15-7-9/h5-7,10-11H,1-4,14H2,(H,16,17)(H,18,19). The fourth-order valence-corrected chi connectivity index (χ4v) is 2.35. The lowest BCUT2D eigenvalue weighted by Crippen LogP contribution is -2.40. The van der Waals surface area contributed by atoms with E-state index in [4.69, 9.17) is 10.8 Å². The molecule has 1 aromatic heterocycles. The fourth-order valence-electron chi connectivity index (χ4n) is 2.35. The quantitative estimate of drug-likeness (QED) is 0.760. The molecule has 1 aliphatic carbocycles. The Balaban J connectivity index is 2.06. The molecular formula is C13H17N3O3. The molecular weight excluding hydrogens is 246 g/mol. The minimum Gasteiger partial charge on any atom is -0.478 e. The Hall–Kier alpha value is -1.95. The summed E-state index contributed by atoms with van der Waals surface area (Å²) in [5.74, 6) is -1.43. The Morgan fingerprint density at radius 2 is 2.05 bits per heavy atom. The maximum Gasteiger partial charge on any atom is 0.337 e. The van der Waals surface area contributed by atoms with Gasteiger partial charge in [0.15, 0.2) is 0 Å². The predicted molar refractivity (Wildman–Crippen MR) is 69.8 cm³/mol. The molecule has 1 amide bonds. The molecule has 19 heavy (non-hydrogen) atoms. The van der Waals surface area contributed by atoms with Crippen molar-refractivity contribution in [3.63, 3.8) is 0 Å². The highest BCUT2D eigenvalue weighted by Crippen LogP contribution is 2.24. The summed E-state index contributed by atoms with van der Waals surface area (Å²) in [5, 5.41) is 11.6. The van der Waals surface area contributed by atoms with Crippen LogP contribution in [0.25, 0.3) is 0 Å². The highest BCUT2D eigenvalue weighted by Gasteiger charge is 2.28. The summed E-state index contributed by atoms with van der Waals surface area (Å²) < 4.78 is 0. The highest BCUT2D eigenvalue weighted by atomic mass is 16.4. The minimum absolute atomic E-state index is 0.0470. The number of hydrogen-bond donors (Lipinski definition) is 3. The number of hydrogen-bond acceptors (Lipinski definition) is 4. The molecule has 0 spiro atoms. The van der Waals surface area contributed by atoms with Gasteiger partial charge in [-0.1, -0.05) is 12.8 Å². The van der Waals surface area contributed by atoms with Gasteiger partial charge in [-0.25, -0.2) is 4.79 Å². The van der Waals surface area contributed by atoms with Crippen molar-refractivity contribution in [3.05, 3.63) is 24.0 Å². The molecule has 4 N–H and O–H groups in total. The number of anilines is 1. The van der Waals surface area contributed by atoms with Crippen LogP contribution in [0.2, 0.25) is 0 Å². The Kier molecular flexibility index (Phi) is 4.11. The molecule has 2 rings (SSSR count). The van der Waals surface area contributed by atoms with Crippen LogP contribution in [0.1, 0.15) is 36.0 Å². The van der Waals surface area contributed by atoms with Gasteiger partial charge in [0.1, 0.15) is 0 Å². The molecule has 1 heterocycles. The Labute approximate surface area is 111 Å². The first-order valence-electron chi connectivity index (χ1n) is 6.32. The number of amides is 1. The molecule has 0 aromatic carbocycles. The second-order valence-corrected chi connectivity index (χ2v) is 4.81. The first kappa shape index (κ1) is 13.5. The Morgan fingerprint density at radius 1 is 1.32 bits per heavy atom. The molecule has 1 fully saturated rings. The zero-order valence-electron chi connectivity index (χ0n) is 10.5. The maximum atomic E-state index is 12.1. The summed E-state index contributed by atoms with van der Waals surface area (Å²) in [6.45, 7) is 0. The second-order valence-electron chi connectivity index (χ2n) is 4.81. The molecule has 6 heteroatoms. The topological polar surface area (TPSA) is 105 Å². The Bertz CT molecular complexity index is 490. The van der Waals surface area contributed by atoms with Crippen LogP contribution in [0, 0.1) is 5.92 Å². The van der Waals surface area contributed by atoms with Crippen molar-refractivity contribution in [1.29, 1.82) is 0 Å². The first-order chi connectivity index (χ1) is 9.08. The van der Waals surface area contributed by atoms with Crippen molar-refractivity contribution in [1.82, 2.24) is 4.98 Å². The van der Waals surface area contributed by atoms with Gasteiger partial charge in [0, 0.05) is 12.2 Å². The van der Waals surface area contributed by atoms with E-state index in [2.05, 4.69) is 10.3 Å². The van der Waals surface area contributed by atoms with Gasteiger partial charge in [-0.3, -0.25) is 9.78 Å². The number of pyridine rings is 1. The number of aromatic carboxylic acids is 1. The van der Waals surface area contributed by atoms with Crippen LogP contribution in [0.4, 0.5) is 5.69 Å². The summed E-state index contributed by atoms with van der Waals surface area (Å²) in [5.41, 5.74) is 6.38. The van der Waals surface area contributed by atoms with E-state index in [-0.39, 0.29) is 23.4 Å². The number of nitrogens with two attached hydrogens (primary N) is 1. The zero-order valence-corrected chi connectivity index (χ0v) is 10.5. The number of carboxylic acid groups (broad SMARTS) is 1. The van der Waals surface area contributed by atoms with Gasteiger partial charge in [-0.05, 0) is 18.9 Å². The number of aromatic nitrogens is 1. The van der Waals surface area contributed by atoms with E-state index in [1.54, 1.807) is 0 Å². The number of rotatable bonds is 3. The third-order valence-electron chi connectivity index (χ3n) is 3.41. The van der Waals surface area contributed by atoms with Gasteiger partial charge in [-0.15, -0.1) is 0 Å². The highest BCUT2D eigenvalue weighted by molar-refractivity contribution is 5.95. The van der Waals surface area contributed by atoms with Gasteiger partial charge < -0.3 is 16.2 Å². The number of carbonyl (C=O) groups is 2. The van der Waals surface area contributed by atoms with E-state index in [1.807, 2.05) is 0 Å². The first-order valence-corrected chi connectivity index (χ1v) is 6.32. The van der Waals surface area contributed by atoms with Gasteiger partial charge in [0.2, 0.25) is 5.91 Å². The van der Waals surface area contributed by atoms with Crippen molar-refractivity contribution < 1.29 is 14.7 Å². The van der Waals surface area contributed by atoms with E-state index in [0.29, 0.717) is 5.69 Å². The lowest BCUT2D eigenvalue weighted by atomic mass is 9.84. The monoisotopic (exact) mass is 263 g/mol. The van der Waals surface area contributed by atoms with Gasteiger partial charge in [0.05, 0.1) is 23.4 Å².